The van der Waals surface area contributed by atoms with Crippen LogP contribution >= 0.6 is 0 Å². The summed E-state index contributed by atoms with van der Waals surface area (Å²) in [7, 11) is 1.64. The van der Waals surface area contributed by atoms with Crippen LogP contribution in [0, 0.1) is 6.92 Å². The number of nitrogens with two attached hydrogens (primary N) is 1. The molecule has 5 heteroatoms. The van der Waals surface area contributed by atoms with Crippen LogP contribution in [0.4, 0.5) is 0 Å². The first kappa shape index (κ1) is 14.8. The van der Waals surface area contributed by atoms with Crippen molar-refractivity contribution in [3.63, 3.8) is 0 Å². The molecule has 1 aliphatic heterocycles. The number of benzene rings is 1. The lowest BCUT2D eigenvalue weighted by Crippen LogP contribution is -2.56. The third-order valence-electron chi connectivity index (χ3n) is 3.76. The number of carbonyl (C=O) groups is 1. The van der Waals surface area contributed by atoms with Crippen molar-refractivity contribution < 1.29 is 14.3 Å². The zero-order chi connectivity index (χ0) is 14.6. The fourth-order valence-electron chi connectivity index (χ4n) is 2.30. The van der Waals surface area contributed by atoms with Gasteiger partial charge in [-0.3, -0.25) is 4.79 Å². The van der Waals surface area contributed by atoms with E-state index in [4.69, 9.17) is 15.2 Å². The summed E-state index contributed by atoms with van der Waals surface area (Å²) in [5.41, 5.74) is 7.40. The summed E-state index contributed by atoms with van der Waals surface area (Å²) in [6.45, 7) is 3.53. The quantitative estimate of drug-likeness (QED) is 0.866. The van der Waals surface area contributed by atoms with Crippen molar-refractivity contribution in [2.75, 3.05) is 20.3 Å². The summed E-state index contributed by atoms with van der Waals surface area (Å²) in [4.78, 5) is 12.2. The Kier molecular flexibility index (Phi) is 4.62. The van der Waals surface area contributed by atoms with Crippen LogP contribution in [0.2, 0.25) is 0 Å². The lowest BCUT2D eigenvalue weighted by atomic mass is 9.90. The molecule has 1 saturated heterocycles. The lowest BCUT2D eigenvalue weighted by molar-refractivity contribution is -0.129. The zero-order valence-electron chi connectivity index (χ0n) is 12.1. The molecule has 1 aromatic rings. The number of amides is 1. The minimum Gasteiger partial charge on any atom is -0.496 e. The average molecular weight is 278 g/mol. The number of ether oxygens (including phenoxy) is 2. The van der Waals surface area contributed by atoms with Gasteiger partial charge in [0.25, 0.3) is 0 Å². The topological polar surface area (TPSA) is 73.6 Å². The van der Waals surface area contributed by atoms with Gasteiger partial charge in [-0.15, -0.1) is 0 Å². The standard InChI is InChI=1S/C15H22N2O3/c1-11-3-4-12(9-13(11)19-2)10-17-14(18)15(16)5-7-20-8-6-15/h3-4,9H,5-8,10,16H2,1-2H3,(H,17,18). The fraction of sp³-hybridized carbons (Fsp3) is 0.533. The van der Waals surface area contributed by atoms with E-state index in [9.17, 15) is 4.79 Å². The second-order valence-corrected chi connectivity index (χ2v) is 5.26. The molecule has 0 bridgehead atoms. The summed E-state index contributed by atoms with van der Waals surface area (Å²) in [5.74, 6) is 0.714. The molecule has 0 unspecified atom stereocenters. The van der Waals surface area contributed by atoms with Crippen molar-refractivity contribution in [1.82, 2.24) is 5.32 Å². The van der Waals surface area contributed by atoms with Crippen molar-refractivity contribution in [3.8, 4) is 5.75 Å². The van der Waals surface area contributed by atoms with Crippen LogP contribution in [-0.2, 0) is 16.1 Å². The van der Waals surface area contributed by atoms with E-state index in [1.54, 1.807) is 7.11 Å². The van der Waals surface area contributed by atoms with Crippen molar-refractivity contribution in [1.29, 1.82) is 0 Å². The molecular formula is C15H22N2O3. The molecule has 1 aliphatic rings. The molecule has 1 aromatic carbocycles. The van der Waals surface area contributed by atoms with E-state index in [1.807, 2.05) is 25.1 Å². The highest BCUT2D eigenvalue weighted by molar-refractivity contribution is 5.86. The Balaban J connectivity index is 1.96. The van der Waals surface area contributed by atoms with E-state index < -0.39 is 5.54 Å². The van der Waals surface area contributed by atoms with Crippen molar-refractivity contribution in [2.45, 2.75) is 31.8 Å². The Bertz CT molecular complexity index is 482. The SMILES string of the molecule is COc1cc(CNC(=O)C2(N)CCOCC2)ccc1C. The Morgan fingerprint density at radius 2 is 2.15 bits per heavy atom. The maximum absolute atomic E-state index is 12.2. The number of rotatable bonds is 4. The summed E-state index contributed by atoms with van der Waals surface area (Å²) >= 11 is 0. The molecule has 0 saturated carbocycles. The maximum atomic E-state index is 12.2. The van der Waals surface area contributed by atoms with E-state index in [2.05, 4.69) is 5.32 Å². The van der Waals surface area contributed by atoms with E-state index >= 15 is 0 Å². The Morgan fingerprint density at radius 3 is 2.80 bits per heavy atom. The molecule has 0 atom stereocenters. The van der Waals surface area contributed by atoms with Gasteiger partial charge in [0.1, 0.15) is 5.75 Å². The fourth-order valence-corrected chi connectivity index (χ4v) is 2.30. The van der Waals surface area contributed by atoms with Gasteiger partial charge >= 0.3 is 0 Å². The maximum Gasteiger partial charge on any atom is 0.240 e. The molecule has 1 fully saturated rings. The van der Waals surface area contributed by atoms with Gasteiger partial charge in [0.2, 0.25) is 5.91 Å². The number of carbonyl (C=O) groups excluding carboxylic acids is 1. The Labute approximate surface area is 119 Å². The first-order chi connectivity index (χ1) is 9.55. The predicted molar refractivity (Wildman–Crippen MR) is 76.5 cm³/mol. The highest BCUT2D eigenvalue weighted by atomic mass is 16.5. The van der Waals surface area contributed by atoms with Gasteiger partial charge < -0.3 is 20.5 Å². The van der Waals surface area contributed by atoms with Crippen LogP contribution in [0.1, 0.15) is 24.0 Å². The minimum absolute atomic E-state index is 0.111. The van der Waals surface area contributed by atoms with E-state index in [0.717, 1.165) is 16.9 Å². The van der Waals surface area contributed by atoms with Crippen LogP contribution in [-0.4, -0.2) is 31.8 Å². The Morgan fingerprint density at radius 1 is 1.45 bits per heavy atom. The highest BCUT2D eigenvalue weighted by Crippen LogP contribution is 2.20. The molecule has 2 rings (SSSR count). The first-order valence-corrected chi connectivity index (χ1v) is 6.83. The van der Waals surface area contributed by atoms with Crippen molar-refractivity contribution in [3.05, 3.63) is 29.3 Å². The third-order valence-corrected chi connectivity index (χ3v) is 3.76. The van der Waals surface area contributed by atoms with Crippen LogP contribution in [0.25, 0.3) is 0 Å². The Hall–Kier alpha value is -1.59. The summed E-state index contributed by atoms with van der Waals surface area (Å²) < 4.78 is 10.5. The van der Waals surface area contributed by atoms with Crippen LogP contribution in [0.15, 0.2) is 18.2 Å². The predicted octanol–water partition coefficient (Wildman–Crippen LogP) is 1.13. The average Bonchev–Trinajstić information content (AvgIpc) is 2.46. The van der Waals surface area contributed by atoms with Gasteiger partial charge in [-0.25, -0.2) is 0 Å². The summed E-state index contributed by atoms with van der Waals surface area (Å²) in [6.07, 6.45) is 1.13. The molecule has 110 valence electrons. The van der Waals surface area contributed by atoms with Crippen LogP contribution in [0.5, 0.6) is 5.75 Å². The molecule has 0 aromatic heterocycles. The number of aryl methyl sites for hydroxylation is 1. The molecule has 1 heterocycles. The molecule has 1 amide bonds. The van der Waals surface area contributed by atoms with Gasteiger partial charge in [0.05, 0.1) is 12.6 Å². The van der Waals surface area contributed by atoms with Gasteiger partial charge in [0, 0.05) is 19.8 Å². The second-order valence-electron chi connectivity index (χ2n) is 5.26. The van der Waals surface area contributed by atoms with Gasteiger partial charge in [-0.1, -0.05) is 12.1 Å². The molecular weight excluding hydrogens is 256 g/mol. The molecule has 5 nitrogen and oxygen atoms in total. The van der Waals surface area contributed by atoms with Crippen LogP contribution < -0.4 is 15.8 Å². The van der Waals surface area contributed by atoms with E-state index in [0.29, 0.717) is 32.6 Å². The van der Waals surface area contributed by atoms with E-state index in [1.165, 1.54) is 0 Å². The molecule has 0 spiro atoms. The van der Waals surface area contributed by atoms with Crippen molar-refractivity contribution in [2.24, 2.45) is 5.73 Å². The van der Waals surface area contributed by atoms with E-state index in [-0.39, 0.29) is 5.91 Å². The second kappa shape index (κ2) is 6.24. The first-order valence-electron chi connectivity index (χ1n) is 6.83. The smallest absolute Gasteiger partial charge is 0.240 e. The van der Waals surface area contributed by atoms with Crippen molar-refractivity contribution >= 4 is 5.91 Å². The lowest BCUT2D eigenvalue weighted by Gasteiger charge is -2.31. The molecule has 3 N–H and O–H groups in total. The molecule has 0 aliphatic carbocycles. The number of nitrogens with one attached hydrogen (secondary N) is 1. The normalized spacial score (nSPS) is 17.6. The number of methoxy groups -OCH3 is 1. The van der Waals surface area contributed by atoms with Gasteiger partial charge in [-0.05, 0) is 37.0 Å². The minimum atomic E-state index is -0.799. The highest BCUT2D eigenvalue weighted by Gasteiger charge is 2.35. The molecule has 20 heavy (non-hydrogen) atoms. The number of hydrogen-bond donors (Lipinski definition) is 2. The largest absolute Gasteiger partial charge is 0.496 e. The van der Waals surface area contributed by atoms with Gasteiger partial charge in [0.15, 0.2) is 0 Å². The van der Waals surface area contributed by atoms with Crippen LogP contribution in [0.3, 0.4) is 0 Å². The summed E-state index contributed by atoms with van der Waals surface area (Å²) in [5, 5.41) is 2.90. The zero-order valence-corrected chi connectivity index (χ0v) is 12.1. The third kappa shape index (κ3) is 3.29. The summed E-state index contributed by atoms with van der Waals surface area (Å²) in [6, 6.07) is 5.89. The number of hydrogen-bond acceptors (Lipinski definition) is 4. The molecule has 0 radical (unpaired) electrons. The van der Waals surface area contributed by atoms with Gasteiger partial charge in [-0.2, -0.15) is 0 Å². The monoisotopic (exact) mass is 278 g/mol.